The number of hydrogen-bond acceptors (Lipinski definition) is 3. The van der Waals surface area contributed by atoms with Crippen LogP contribution in [0.3, 0.4) is 0 Å². The van der Waals surface area contributed by atoms with Gasteiger partial charge in [0.25, 0.3) is 5.56 Å². The Morgan fingerprint density at radius 1 is 1.14 bits per heavy atom. The van der Waals surface area contributed by atoms with Gasteiger partial charge in [0, 0.05) is 0 Å². The maximum Gasteiger partial charge on any atom is 0.425 e. The Balaban J connectivity index is 2.16. The molecular formula is C14H9F3N2O2S. The van der Waals surface area contributed by atoms with E-state index >= 15 is 0 Å². The van der Waals surface area contributed by atoms with Gasteiger partial charge in [-0.3, -0.25) is 9.36 Å². The van der Waals surface area contributed by atoms with E-state index in [0.29, 0.717) is 16.9 Å². The van der Waals surface area contributed by atoms with E-state index in [2.05, 4.69) is 4.98 Å². The van der Waals surface area contributed by atoms with Crippen LogP contribution >= 0.6 is 11.3 Å². The van der Waals surface area contributed by atoms with Crippen molar-refractivity contribution in [3.63, 3.8) is 0 Å². The summed E-state index contributed by atoms with van der Waals surface area (Å²) in [5.41, 5.74) is -0.824. The number of thiophene rings is 1. The number of hydrogen-bond donors (Lipinski definition) is 1. The van der Waals surface area contributed by atoms with E-state index in [1.54, 1.807) is 30.3 Å². The van der Waals surface area contributed by atoms with E-state index in [1.165, 1.54) is 0 Å². The predicted molar refractivity (Wildman–Crippen MR) is 77.3 cm³/mol. The van der Waals surface area contributed by atoms with E-state index in [9.17, 15) is 22.8 Å². The number of H-pyrrole nitrogens is 1. The number of halogens is 3. The molecule has 0 saturated carbocycles. The SMILES string of the molecule is O=c1[nH]c2cc(C(F)(F)F)sc2c(=O)n1Cc1ccccc1. The van der Waals surface area contributed by atoms with Crippen molar-refractivity contribution in [1.82, 2.24) is 9.55 Å². The Bertz CT molecular complexity index is 939. The minimum Gasteiger partial charge on any atom is -0.306 e. The number of nitrogens with zero attached hydrogens (tertiary/aromatic N) is 1. The molecule has 0 saturated heterocycles. The Hall–Kier alpha value is -2.35. The van der Waals surface area contributed by atoms with E-state index in [1.807, 2.05) is 0 Å². The van der Waals surface area contributed by atoms with Gasteiger partial charge in [-0.1, -0.05) is 30.3 Å². The molecule has 114 valence electrons. The molecule has 0 spiro atoms. The molecule has 2 aromatic heterocycles. The van der Waals surface area contributed by atoms with Gasteiger partial charge in [-0.15, -0.1) is 11.3 Å². The minimum absolute atomic E-state index is 0.00416. The summed E-state index contributed by atoms with van der Waals surface area (Å²) < 4.78 is 38.9. The molecule has 3 aromatic rings. The summed E-state index contributed by atoms with van der Waals surface area (Å²) in [6, 6.07) is 9.53. The van der Waals surface area contributed by atoms with Crippen LogP contribution in [0.5, 0.6) is 0 Å². The second kappa shape index (κ2) is 5.13. The van der Waals surface area contributed by atoms with Gasteiger partial charge in [-0.05, 0) is 11.6 Å². The largest absolute Gasteiger partial charge is 0.425 e. The molecule has 1 N–H and O–H groups in total. The number of benzene rings is 1. The standard InChI is InChI=1S/C14H9F3N2O2S/c15-14(16,17)10-6-9-11(22-10)12(20)19(13(21)18-9)7-8-4-2-1-3-5-8/h1-6H,7H2,(H,18,21). The fourth-order valence-electron chi connectivity index (χ4n) is 2.09. The molecule has 2 heterocycles. The van der Waals surface area contributed by atoms with Gasteiger partial charge >= 0.3 is 11.9 Å². The molecule has 22 heavy (non-hydrogen) atoms. The fourth-order valence-corrected chi connectivity index (χ4v) is 3.02. The lowest BCUT2D eigenvalue weighted by molar-refractivity contribution is -0.134. The zero-order chi connectivity index (χ0) is 15.9. The third kappa shape index (κ3) is 2.57. The highest BCUT2D eigenvalue weighted by Crippen LogP contribution is 2.35. The van der Waals surface area contributed by atoms with Crippen LogP contribution in [0.15, 0.2) is 46.0 Å². The lowest BCUT2D eigenvalue weighted by atomic mass is 10.2. The monoisotopic (exact) mass is 326 g/mol. The average molecular weight is 326 g/mol. The highest BCUT2D eigenvalue weighted by molar-refractivity contribution is 7.19. The molecule has 0 aliphatic carbocycles. The number of fused-ring (bicyclic) bond motifs is 1. The van der Waals surface area contributed by atoms with Crippen molar-refractivity contribution >= 4 is 21.6 Å². The Kier molecular flexibility index (Phi) is 3.40. The van der Waals surface area contributed by atoms with Crippen LogP contribution < -0.4 is 11.2 Å². The van der Waals surface area contributed by atoms with Gasteiger partial charge < -0.3 is 4.98 Å². The molecular weight excluding hydrogens is 317 g/mol. The summed E-state index contributed by atoms with van der Waals surface area (Å²) in [5, 5.41) is 0. The van der Waals surface area contributed by atoms with Gasteiger partial charge in [-0.2, -0.15) is 13.2 Å². The Labute approximate surface area is 125 Å². The number of nitrogens with one attached hydrogen (secondary N) is 1. The number of rotatable bonds is 2. The van der Waals surface area contributed by atoms with E-state index < -0.39 is 22.3 Å². The first-order chi connectivity index (χ1) is 10.4. The van der Waals surface area contributed by atoms with Crippen LogP contribution in [-0.4, -0.2) is 9.55 Å². The van der Waals surface area contributed by atoms with Gasteiger partial charge in [0.1, 0.15) is 9.58 Å². The third-order valence-electron chi connectivity index (χ3n) is 3.12. The molecule has 0 bridgehead atoms. The first-order valence-corrected chi connectivity index (χ1v) is 7.05. The van der Waals surface area contributed by atoms with Gasteiger partial charge in [-0.25, -0.2) is 4.79 Å². The fraction of sp³-hybridized carbons (Fsp3) is 0.143. The summed E-state index contributed by atoms with van der Waals surface area (Å²) in [5.74, 6) is 0. The van der Waals surface area contributed by atoms with Crippen LogP contribution in [0.4, 0.5) is 13.2 Å². The summed E-state index contributed by atoms with van der Waals surface area (Å²) in [6.45, 7) is 0.00416. The number of aromatic nitrogens is 2. The maximum atomic E-state index is 12.7. The van der Waals surface area contributed by atoms with Crippen molar-refractivity contribution in [2.45, 2.75) is 12.7 Å². The van der Waals surface area contributed by atoms with Crippen LogP contribution in [0.25, 0.3) is 10.2 Å². The van der Waals surface area contributed by atoms with Crippen molar-refractivity contribution in [3.05, 3.63) is 67.7 Å². The Morgan fingerprint density at radius 2 is 1.82 bits per heavy atom. The minimum atomic E-state index is -4.54. The lowest BCUT2D eigenvalue weighted by Gasteiger charge is -2.04. The first-order valence-electron chi connectivity index (χ1n) is 6.24. The molecule has 1 aromatic carbocycles. The predicted octanol–water partition coefficient (Wildman–Crippen LogP) is 2.82. The van der Waals surface area contributed by atoms with Crippen molar-refractivity contribution < 1.29 is 13.2 Å². The molecule has 3 rings (SSSR count). The maximum absolute atomic E-state index is 12.7. The van der Waals surface area contributed by atoms with Crippen LogP contribution in [0.2, 0.25) is 0 Å². The first kappa shape index (κ1) is 14.6. The van der Waals surface area contributed by atoms with Crippen molar-refractivity contribution in [2.24, 2.45) is 0 Å². The zero-order valence-electron chi connectivity index (χ0n) is 11.0. The molecule has 4 nitrogen and oxygen atoms in total. The van der Waals surface area contributed by atoms with Crippen LogP contribution in [0, 0.1) is 0 Å². The number of aromatic amines is 1. The third-order valence-corrected chi connectivity index (χ3v) is 4.29. The molecule has 0 aliphatic rings. The highest BCUT2D eigenvalue weighted by Gasteiger charge is 2.33. The second-order valence-electron chi connectivity index (χ2n) is 4.66. The summed E-state index contributed by atoms with van der Waals surface area (Å²) in [6.07, 6.45) is -4.54. The zero-order valence-corrected chi connectivity index (χ0v) is 11.8. The lowest BCUT2D eigenvalue weighted by Crippen LogP contribution is -2.34. The summed E-state index contributed by atoms with van der Waals surface area (Å²) >= 11 is 0.336. The average Bonchev–Trinajstić information content (AvgIpc) is 2.89. The number of alkyl halides is 3. The normalized spacial score (nSPS) is 12.0. The molecule has 0 fully saturated rings. The highest BCUT2D eigenvalue weighted by atomic mass is 32.1. The van der Waals surface area contributed by atoms with E-state index in [0.717, 1.165) is 10.6 Å². The molecule has 0 amide bonds. The van der Waals surface area contributed by atoms with Crippen molar-refractivity contribution in [3.8, 4) is 0 Å². The summed E-state index contributed by atoms with van der Waals surface area (Å²) in [4.78, 5) is 25.6. The van der Waals surface area contributed by atoms with Gasteiger partial charge in [0.05, 0.1) is 12.1 Å². The molecule has 0 radical (unpaired) electrons. The van der Waals surface area contributed by atoms with Crippen molar-refractivity contribution in [2.75, 3.05) is 0 Å². The smallest absolute Gasteiger partial charge is 0.306 e. The molecule has 0 unspecified atom stereocenters. The molecule has 0 aliphatic heterocycles. The molecule has 0 atom stereocenters. The topological polar surface area (TPSA) is 54.9 Å². The van der Waals surface area contributed by atoms with Crippen LogP contribution in [-0.2, 0) is 12.7 Å². The van der Waals surface area contributed by atoms with Gasteiger partial charge in [0.2, 0.25) is 0 Å². The van der Waals surface area contributed by atoms with E-state index in [4.69, 9.17) is 0 Å². The van der Waals surface area contributed by atoms with E-state index in [-0.39, 0.29) is 16.8 Å². The Morgan fingerprint density at radius 3 is 2.45 bits per heavy atom. The van der Waals surface area contributed by atoms with Gasteiger partial charge in [0.15, 0.2) is 0 Å². The van der Waals surface area contributed by atoms with Crippen molar-refractivity contribution in [1.29, 1.82) is 0 Å². The quantitative estimate of drug-likeness (QED) is 0.787. The molecule has 8 heteroatoms. The second-order valence-corrected chi connectivity index (χ2v) is 5.71. The van der Waals surface area contributed by atoms with Crippen LogP contribution in [0.1, 0.15) is 10.4 Å². The summed E-state index contributed by atoms with van der Waals surface area (Å²) in [7, 11) is 0.